The van der Waals surface area contributed by atoms with Crippen molar-refractivity contribution >= 4 is 60.4 Å². The molecule has 2 heterocycles. The summed E-state index contributed by atoms with van der Waals surface area (Å²) in [5.74, 6) is 0.694. The van der Waals surface area contributed by atoms with E-state index in [4.69, 9.17) is 48.7 Å². The highest BCUT2D eigenvalue weighted by atomic mass is 35.5. The normalized spacial score (nSPS) is 20.3. The van der Waals surface area contributed by atoms with Crippen LogP contribution >= 0.6 is 34.8 Å². The van der Waals surface area contributed by atoms with Crippen LogP contribution in [0, 0.1) is 5.82 Å². The van der Waals surface area contributed by atoms with Crippen molar-refractivity contribution in [3.05, 3.63) is 80.5 Å². The van der Waals surface area contributed by atoms with Gasteiger partial charge in [-0.3, -0.25) is 4.79 Å². The first kappa shape index (κ1) is 35.8. The zero-order chi connectivity index (χ0) is 34.3. The molecule has 1 amide bonds. The Labute approximate surface area is 292 Å². The number of carbonyl (C=O) groups is 1. The van der Waals surface area contributed by atoms with Crippen LogP contribution in [-0.4, -0.2) is 57.8 Å². The summed E-state index contributed by atoms with van der Waals surface area (Å²) < 4.78 is 33.1. The number of methoxy groups -OCH3 is 1. The van der Waals surface area contributed by atoms with Gasteiger partial charge in [-0.05, 0) is 66.9 Å². The number of ether oxygens (including phenoxy) is 2. The van der Waals surface area contributed by atoms with Crippen LogP contribution in [0.15, 0.2) is 48.5 Å². The summed E-state index contributed by atoms with van der Waals surface area (Å²) in [5.41, 5.74) is 1.49. The van der Waals surface area contributed by atoms with Crippen LogP contribution in [0.2, 0.25) is 33.2 Å². The number of piperidine rings is 1. The van der Waals surface area contributed by atoms with Crippen LogP contribution in [0.4, 0.5) is 15.8 Å². The van der Waals surface area contributed by atoms with Crippen molar-refractivity contribution in [2.45, 2.75) is 76.4 Å². The number of aliphatic hydroxyl groups is 1. The van der Waals surface area contributed by atoms with Crippen molar-refractivity contribution < 1.29 is 28.2 Å². The minimum absolute atomic E-state index is 0.0292. The molecule has 0 unspecified atom stereocenters. The van der Waals surface area contributed by atoms with Gasteiger partial charge in [0.1, 0.15) is 29.5 Å². The Kier molecular flexibility index (Phi) is 10.5. The average Bonchev–Trinajstić information content (AvgIpc) is 3.01. The molecule has 2 aliphatic heterocycles. The van der Waals surface area contributed by atoms with Gasteiger partial charge in [-0.25, -0.2) is 4.39 Å². The lowest BCUT2D eigenvalue weighted by Gasteiger charge is -2.49. The van der Waals surface area contributed by atoms with E-state index in [1.807, 2.05) is 29.2 Å². The molecule has 3 aromatic carbocycles. The molecule has 1 saturated heterocycles. The van der Waals surface area contributed by atoms with Gasteiger partial charge < -0.3 is 28.8 Å². The lowest BCUT2D eigenvalue weighted by molar-refractivity contribution is -0.119. The van der Waals surface area contributed by atoms with E-state index < -0.39 is 25.8 Å². The number of rotatable bonds is 9. The number of halogens is 4. The van der Waals surface area contributed by atoms with Gasteiger partial charge in [-0.2, -0.15) is 0 Å². The minimum Gasteiger partial charge on any atom is -0.497 e. The minimum atomic E-state index is -2.38. The highest BCUT2D eigenvalue weighted by Gasteiger charge is 2.49. The number of nitrogens with zero attached hydrogens (tertiary/aromatic N) is 2. The first-order valence-electron chi connectivity index (χ1n) is 15.7. The molecule has 2 atom stereocenters. The van der Waals surface area contributed by atoms with Crippen molar-refractivity contribution in [1.82, 2.24) is 0 Å². The van der Waals surface area contributed by atoms with Gasteiger partial charge in [-0.1, -0.05) is 67.7 Å². The van der Waals surface area contributed by atoms with E-state index in [1.54, 1.807) is 24.1 Å². The van der Waals surface area contributed by atoms with Gasteiger partial charge in [0.15, 0.2) is 8.32 Å². The predicted octanol–water partition coefficient (Wildman–Crippen LogP) is 8.68. The van der Waals surface area contributed by atoms with Gasteiger partial charge >= 0.3 is 0 Å². The van der Waals surface area contributed by atoms with Crippen molar-refractivity contribution in [2.75, 3.05) is 36.6 Å². The molecule has 12 heteroatoms. The Balaban J connectivity index is 1.42. The number of benzene rings is 3. The smallest absolute Gasteiger partial charge is 0.227 e. The highest BCUT2D eigenvalue weighted by Crippen LogP contribution is 2.44. The molecule has 5 rings (SSSR count). The predicted molar refractivity (Wildman–Crippen MR) is 190 cm³/mol. The third kappa shape index (κ3) is 7.55. The molecule has 0 aliphatic carbocycles. The molecule has 2 aliphatic rings. The maximum atomic E-state index is 14.5. The maximum absolute atomic E-state index is 14.5. The first-order valence-corrected chi connectivity index (χ1v) is 19.7. The largest absolute Gasteiger partial charge is 0.497 e. The second-order valence-electron chi connectivity index (χ2n) is 13.9. The van der Waals surface area contributed by atoms with Crippen LogP contribution in [-0.2, 0) is 22.2 Å². The van der Waals surface area contributed by atoms with Crippen molar-refractivity contribution in [2.24, 2.45) is 0 Å². The Bertz CT molecular complexity index is 1630. The van der Waals surface area contributed by atoms with E-state index in [0.29, 0.717) is 53.1 Å². The molecule has 0 bridgehead atoms. The van der Waals surface area contributed by atoms with Gasteiger partial charge in [-0.15, -0.1) is 0 Å². The lowest BCUT2D eigenvalue weighted by atomic mass is 9.89. The van der Waals surface area contributed by atoms with Crippen LogP contribution in [0.1, 0.15) is 44.7 Å². The van der Waals surface area contributed by atoms with Crippen LogP contribution in [0.25, 0.3) is 0 Å². The van der Waals surface area contributed by atoms with Crippen LogP contribution < -0.4 is 19.3 Å². The summed E-state index contributed by atoms with van der Waals surface area (Å²) in [6.45, 7) is 11.6. The van der Waals surface area contributed by atoms with E-state index in [2.05, 4.69) is 33.9 Å². The van der Waals surface area contributed by atoms with Gasteiger partial charge in [0.05, 0.1) is 46.2 Å². The SMILES string of the molecule is COc1ccc(CN2C(=O)CCc3c(OC[C@]4(O)CCN(c5cc(F)c(Cl)cc5Cl)C[C@H]4O[Si](C)(C)C(C)(C)C)ccc(Cl)c32)cc1. The number of carbonyl (C=O) groups excluding carboxylic acids is 1. The van der Waals surface area contributed by atoms with Crippen molar-refractivity contribution in [3.63, 3.8) is 0 Å². The first-order chi connectivity index (χ1) is 22.0. The number of anilines is 2. The molecule has 3 aromatic rings. The Hall–Kier alpha value is -2.53. The molecule has 254 valence electrons. The lowest BCUT2D eigenvalue weighted by Crippen LogP contribution is -2.63. The molecule has 0 saturated carbocycles. The van der Waals surface area contributed by atoms with Crippen molar-refractivity contribution in [1.29, 1.82) is 0 Å². The van der Waals surface area contributed by atoms with Gasteiger partial charge in [0.2, 0.25) is 5.91 Å². The molecule has 47 heavy (non-hydrogen) atoms. The summed E-state index contributed by atoms with van der Waals surface area (Å²) in [5, 5.41) is 12.9. The summed E-state index contributed by atoms with van der Waals surface area (Å²) in [4.78, 5) is 16.8. The van der Waals surface area contributed by atoms with Crippen LogP contribution in [0.5, 0.6) is 11.5 Å². The summed E-state index contributed by atoms with van der Waals surface area (Å²) >= 11 is 19.2. The number of hydrogen-bond donors (Lipinski definition) is 1. The molecular weight excluding hydrogens is 682 g/mol. The summed E-state index contributed by atoms with van der Waals surface area (Å²) in [6, 6.07) is 13.8. The second-order valence-corrected chi connectivity index (χ2v) is 19.9. The highest BCUT2D eigenvalue weighted by molar-refractivity contribution is 6.74. The quantitative estimate of drug-likeness (QED) is 0.176. The van der Waals surface area contributed by atoms with E-state index in [0.717, 1.165) is 16.9 Å². The second kappa shape index (κ2) is 13.8. The van der Waals surface area contributed by atoms with E-state index >= 15 is 0 Å². The Morgan fingerprint density at radius 1 is 1.02 bits per heavy atom. The van der Waals surface area contributed by atoms with Crippen LogP contribution in [0.3, 0.4) is 0 Å². The fraction of sp³-hybridized carbons (Fsp3) is 0.457. The number of hydrogen-bond acceptors (Lipinski definition) is 6. The third-order valence-electron chi connectivity index (χ3n) is 9.70. The van der Waals surface area contributed by atoms with Gasteiger partial charge in [0.25, 0.3) is 0 Å². The topological polar surface area (TPSA) is 71.5 Å². The molecule has 1 fully saturated rings. The molecular formula is C35H42Cl3FN2O5Si. The fourth-order valence-corrected chi connectivity index (χ4v) is 7.94. The zero-order valence-electron chi connectivity index (χ0n) is 27.6. The average molecular weight is 724 g/mol. The Morgan fingerprint density at radius 3 is 2.38 bits per heavy atom. The standard InChI is InChI=1S/C35H42Cl3FN2O5Si/c1-34(2,3)47(5,6)46-31-20-40(29-18-28(39)26(37)17-27(29)38)16-15-35(31,43)21-45-30-13-12-25(36)33-24(30)11-14-32(42)41(33)19-22-7-9-23(44-4)10-8-22/h7-10,12-13,17-18,31,43H,11,14-16,19-21H2,1-6H3/t31-,35-/m1/s1. The van der Waals surface area contributed by atoms with Crippen molar-refractivity contribution in [3.8, 4) is 11.5 Å². The zero-order valence-corrected chi connectivity index (χ0v) is 30.9. The van der Waals surface area contributed by atoms with Gasteiger partial charge in [0, 0.05) is 31.1 Å². The molecule has 1 N–H and O–H groups in total. The van der Waals surface area contributed by atoms with E-state index in [9.17, 15) is 14.3 Å². The van der Waals surface area contributed by atoms with E-state index in [1.165, 1.54) is 12.1 Å². The number of fused-ring (bicyclic) bond motifs is 1. The summed E-state index contributed by atoms with van der Waals surface area (Å²) in [6.07, 6.45) is 0.377. The number of amides is 1. The molecule has 0 radical (unpaired) electrons. The Morgan fingerprint density at radius 2 is 1.72 bits per heavy atom. The maximum Gasteiger partial charge on any atom is 0.227 e. The molecule has 7 nitrogen and oxygen atoms in total. The monoisotopic (exact) mass is 722 g/mol. The van der Waals surface area contributed by atoms with E-state index in [-0.39, 0.29) is 35.5 Å². The molecule has 0 spiro atoms. The molecule has 0 aromatic heterocycles. The summed E-state index contributed by atoms with van der Waals surface area (Å²) in [7, 11) is -0.774. The fourth-order valence-electron chi connectivity index (χ4n) is 5.80. The third-order valence-corrected chi connectivity index (χ3v) is 15.1.